The summed E-state index contributed by atoms with van der Waals surface area (Å²) in [4.78, 5) is 12.1. The van der Waals surface area contributed by atoms with Crippen molar-refractivity contribution in [2.45, 2.75) is 19.3 Å². The molecule has 3 nitrogen and oxygen atoms in total. The highest BCUT2D eigenvalue weighted by Crippen LogP contribution is 2.29. The molecule has 18 heavy (non-hydrogen) atoms. The van der Waals surface area contributed by atoms with Crippen LogP contribution in [0.1, 0.15) is 19.3 Å². The monoisotopic (exact) mass is 265 g/mol. The van der Waals surface area contributed by atoms with Crippen molar-refractivity contribution in [3.8, 4) is 5.75 Å². The Morgan fingerprint density at radius 3 is 2.94 bits per heavy atom. The molecule has 0 spiro atoms. The average Bonchev–Trinajstić information content (AvgIpc) is 2.40. The van der Waals surface area contributed by atoms with Crippen molar-refractivity contribution in [2.24, 2.45) is 5.92 Å². The SMILES string of the molecule is COc1ccc(Cl)cc1NC(=O)[C@H]1CC=CCC1. The van der Waals surface area contributed by atoms with Gasteiger partial charge in [-0.3, -0.25) is 4.79 Å². The van der Waals surface area contributed by atoms with Crippen molar-refractivity contribution in [1.29, 1.82) is 0 Å². The Kier molecular flexibility index (Phi) is 4.26. The maximum atomic E-state index is 12.1. The number of benzene rings is 1. The third-order valence-electron chi connectivity index (χ3n) is 3.06. The Labute approximate surface area is 112 Å². The molecule has 0 saturated heterocycles. The predicted octanol–water partition coefficient (Wildman–Crippen LogP) is 3.64. The molecule has 96 valence electrons. The highest BCUT2D eigenvalue weighted by Gasteiger charge is 2.19. The molecule has 0 bridgehead atoms. The van der Waals surface area contributed by atoms with Crippen LogP contribution in [0, 0.1) is 5.92 Å². The van der Waals surface area contributed by atoms with Gasteiger partial charge in [-0.1, -0.05) is 23.8 Å². The molecule has 1 atom stereocenters. The van der Waals surface area contributed by atoms with Crippen LogP contribution in [0.4, 0.5) is 5.69 Å². The van der Waals surface area contributed by atoms with E-state index in [1.807, 2.05) is 0 Å². The predicted molar refractivity (Wildman–Crippen MR) is 73.1 cm³/mol. The second-order valence-electron chi connectivity index (χ2n) is 4.32. The maximum Gasteiger partial charge on any atom is 0.227 e. The van der Waals surface area contributed by atoms with Gasteiger partial charge >= 0.3 is 0 Å². The molecule has 0 aromatic heterocycles. The number of anilines is 1. The topological polar surface area (TPSA) is 38.3 Å². The fraction of sp³-hybridized carbons (Fsp3) is 0.357. The van der Waals surface area contributed by atoms with Crippen LogP contribution in [0.25, 0.3) is 0 Å². The average molecular weight is 266 g/mol. The van der Waals surface area contributed by atoms with Crippen LogP contribution in [-0.4, -0.2) is 13.0 Å². The van der Waals surface area contributed by atoms with E-state index in [1.165, 1.54) is 0 Å². The molecule has 1 aromatic carbocycles. The summed E-state index contributed by atoms with van der Waals surface area (Å²) in [6.45, 7) is 0. The van der Waals surface area contributed by atoms with E-state index in [-0.39, 0.29) is 11.8 Å². The molecular weight excluding hydrogens is 250 g/mol. The highest BCUT2D eigenvalue weighted by atomic mass is 35.5. The van der Waals surface area contributed by atoms with Crippen LogP contribution in [-0.2, 0) is 4.79 Å². The zero-order valence-corrected chi connectivity index (χ0v) is 11.0. The number of hydrogen-bond donors (Lipinski definition) is 1. The number of nitrogens with one attached hydrogen (secondary N) is 1. The number of halogens is 1. The van der Waals surface area contributed by atoms with E-state index < -0.39 is 0 Å². The Hall–Kier alpha value is -1.48. The maximum absolute atomic E-state index is 12.1. The molecule has 1 aromatic rings. The van der Waals surface area contributed by atoms with Gasteiger partial charge in [-0.2, -0.15) is 0 Å². The van der Waals surface area contributed by atoms with Crippen LogP contribution in [0.3, 0.4) is 0 Å². The van der Waals surface area contributed by atoms with Crippen molar-refractivity contribution < 1.29 is 9.53 Å². The van der Waals surface area contributed by atoms with Gasteiger partial charge in [0.15, 0.2) is 0 Å². The standard InChI is InChI=1S/C14H16ClNO2/c1-18-13-8-7-11(15)9-12(13)16-14(17)10-5-3-2-4-6-10/h2-3,7-10H,4-6H2,1H3,(H,16,17)/t10-/m0/s1. The van der Waals surface area contributed by atoms with Crippen LogP contribution in [0.2, 0.25) is 5.02 Å². The Morgan fingerprint density at radius 2 is 2.28 bits per heavy atom. The fourth-order valence-corrected chi connectivity index (χ4v) is 2.22. The number of carbonyl (C=O) groups excluding carboxylic acids is 1. The van der Waals surface area contributed by atoms with Gasteiger partial charge in [0, 0.05) is 10.9 Å². The smallest absolute Gasteiger partial charge is 0.227 e. The minimum Gasteiger partial charge on any atom is -0.495 e. The lowest BCUT2D eigenvalue weighted by Crippen LogP contribution is -2.23. The summed E-state index contributed by atoms with van der Waals surface area (Å²) < 4.78 is 5.20. The molecular formula is C14H16ClNO2. The van der Waals surface area contributed by atoms with Crippen molar-refractivity contribution in [3.63, 3.8) is 0 Å². The summed E-state index contributed by atoms with van der Waals surface area (Å²) in [6.07, 6.45) is 6.83. The second-order valence-corrected chi connectivity index (χ2v) is 4.75. The third-order valence-corrected chi connectivity index (χ3v) is 3.29. The first kappa shape index (κ1) is 13.0. The molecule has 0 saturated carbocycles. The van der Waals surface area contributed by atoms with Crippen LogP contribution < -0.4 is 10.1 Å². The summed E-state index contributed by atoms with van der Waals surface area (Å²) in [7, 11) is 1.57. The minimum atomic E-state index is 0.0277. The lowest BCUT2D eigenvalue weighted by Gasteiger charge is -2.18. The molecule has 1 amide bonds. The van der Waals surface area contributed by atoms with Crippen LogP contribution >= 0.6 is 11.6 Å². The van der Waals surface area contributed by atoms with Gasteiger partial charge in [-0.05, 0) is 37.5 Å². The third kappa shape index (κ3) is 3.05. The molecule has 1 aliphatic rings. The molecule has 0 aliphatic heterocycles. The fourth-order valence-electron chi connectivity index (χ4n) is 2.04. The molecule has 1 N–H and O–H groups in total. The quantitative estimate of drug-likeness (QED) is 0.848. The van der Waals surface area contributed by atoms with E-state index in [0.29, 0.717) is 16.5 Å². The minimum absolute atomic E-state index is 0.0277. The Bertz CT molecular complexity index is 471. The Morgan fingerprint density at radius 1 is 1.44 bits per heavy atom. The van der Waals surface area contributed by atoms with Gasteiger partial charge in [0.05, 0.1) is 12.8 Å². The number of hydrogen-bond acceptors (Lipinski definition) is 2. The van der Waals surface area contributed by atoms with Gasteiger partial charge in [-0.25, -0.2) is 0 Å². The summed E-state index contributed by atoms with van der Waals surface area (Å²) in [5.74, 6) is 0.692. The van der Waals surface area contributed by atoms with Crippen LogP contribution in [0.15, 0.2) is 30.4 Å². The van der Waals surface area contributed by atoms with Crippen LogP contribution in [0.5, 0.6) is 5.75 Å². The van der Waals surface area contributed by atoms with E-state index in [1.54, 1.807) is 25.3 Å². The number of allylic oxidation sites excluding steroid dienone is 2. The van der Waals surface area contributed by atoms with Crippen molar-refractivity contribution in [2.75, 3.05) is 12.4 Å². The number of ether oxygens (including phenoxy) is 1. The first-order valence-corrected chi connectivity index (χ1v) is 6.38. The molecule has 1 aliphatic carbocycles. The lowest BCUT2D eigenvalue weighted by atomic mass is 9.93. The zero-order valence-electron chi connectivity index (χ0n) is 10.3. The van der Waals surface area contributed by atoms with E-state index in [9.17, 15) is 4.79 Å². The van der Waals surface area contributed by atoms with E-state index in [2.05, 4.69) is 17.5 Å². The number of methoxy groups -OCH3 is 1. The molecule has 0 unspecified atom stereocenters. The zero-order chi connectivity index (χ0) is 13.0. The number of rotatable bonds is 3. The lowest BCUT2D eigenvalue weighted by molar-refractivity contribution is -0.120. The van der Waals surface area contributed by atoms with Crippen molar-refractivity contribution in [3.05, 3.63) is 35.4 Å². The van der Waals surface area contributed by atoms with Gasteiger partial charge < -0.3 is 10.1 Å². The van der Waals surface area contributed by atoms with Gasteiger partial charge in [0.25, 0.3) is 0 Å². The number of amides is 1. The first-order valence-electron chi connectivity index (χ1n) is 6.00. The molecule has 0 radical (unpaired) electrons. The molecule has 2 rings (SSSR count). The van der Waals surface area contributed by atoms with Gasteiger partial charge in [0.2, 0.25) is 5.91 Å². The molecule has 0 heterocycles. The molecule has 0 fully saturated rings. The van der Waals surface area contributed by atoms with E-state index in [0.717, 1.165) is 19.3 Å². The normalized spacial score (nSPS) is 18.4. The summed E-state index contributed by atoms with van der Waals surface area (Å²) in [5.41, 5.74) is 0.629. The summed E-state index contributed by atoms with van der Waals surface area (Å²) in [5, 5.41) is 3.47. The van der Waals surface area contributed by atoms with E-state index >= 15 is 0 Å². The molecule has 4 heteroatoms. The highest BCUT2D eigenvalue weighted by molar-refractivity contribution is 6.31. The van der Waals surface area contributed by atoms with Gasteiger partial charge in [0.1, 0.15) is 5.75 Å². The first-order chi connectivity index (χ1) is 8.70. The summed E-state index contributed by atoms with van der Waals surface area (Å²) >= 11 is 5.93. The van der Waals surface area contributed by atoms with Crippen molar-refractivity contribution in [1.82, 2.24) is 0 Å². The Balaban J connectivity index is 2.10. The largest absolute Gasteiger partial charge is 0.495 e. The van der Waals surface area contributed by atoms with Crippen molar-refractivity contribution >= 4 is 23.2 Å². The number of carbonyl (C=O) groups is 1. The van der Waals surface area contributed by atoms with E-state index in [4.69, 9.17) is 16.3 Å². The van der Waals surface area contributed by atoms with Gasteiger partial charge in [-0.15, -0.1) is 0 Å². The second kappa shape index (κ2) is 5.91. The summed E-state index contributed by atoms with van der Waals surface area (Å²) in [6, 6.07) is 5.19.